The maximum Gasteiger partial charge on any atom is 0.106 e. The van der Waals surface area contributed by atoms with Crippen LogP contribution in [0.1, 0.15) is 42.0 Å². The summed E-state index contributed by atoms with van der Waals surface area (Å²) in [6.07, 6.45) is 9.69. The molecule has 27 heavy (non-hydrogen) atoms. The molecule has 0 bridgehead atoms. The van der Waals surface area contributed by atoms with E-state index in [1.165, 1.54) is 35.1 Å². The Kier molecular flexibility index (Phi) is 4.99. The fraction of sp³-hybridized carbons (Fsp3) is 0.385. The minimum absolute atomic E-state index is 0.707. The largest absolute Gasteiger partial charge is 0.106 e. The van der Waals surface area contributed by atoms with Gasteiger partial charge in [0.25, 0.3) is 0 Å². The normalized spacial score (nSPS) is 24.2. The summed E-state index contributed by atoms with van der Waals surface area (Å²) < 4.78 is 0. The average molecular weight is 373 g/mol. The highest BCUT2D eigenvalue weighted by Crippen LogP contribution is 2.49. The predicted octanol–water partition coefficient (Wildman–Crippen LogP) is 5.17. The van der Waals surface area contributed by atoms with Crippen molar-refractivity contribution in [2.75, 3.05) is 0 Å². The third kappa shape index (κ3) is 3.62. The average Bonchev–Trinajstić information content (AvgIpc) is 2.91. The van der Waals surface area contributed by atoms with Crippen molar-refractivity contribution in [3.63, 3.8) is 0 Å². The molecular weight excluding hydrogens is 340 g/mol. The summed E-state index contributed by atoms with van der Waals surface area (Å²) in [4.78, 5) is 0. The second kappa shape index (κ2) is 7.28. The summed E-state index contributed by atoms with van der Waals surface area (Å²) in [6, 6.07) is 14.6. The van der Waals surface area contributed by atoms with Crippen molar-refractivity contribution in [1.82, 2.24) is 0 Å². The van der Waals surface area contributed by atoms with Gasteiger partial charge in [0.15, 0.2) is 0 Å². The number of fused-ring (bicyclic) bond motifs is 1. The Balaban J connectivity index is 1.84. The molecule has 3 unspecified atom stereocenters. The highest BCUT2D eigenvalue weighted by Gasteiger charge is 2.41. The first kappa shape index (κ1) is 18.5. The van der Waals surface area contributed by atoms with Crippen LogP contribution in [0.4, 0.5) is 0 Å². The zero-order chi connectivity index (χ0) is 19.1. The van der Waals surface area contributed by atoms with Crippen LogP contribution in [0.15, 0.2) is 60.2 Å². The summed E-state index contributed by atoms with van der Waals surface area (Å²) in [5.74, 6) is 1.49. The van der Waals surface area contributed by atoms with Crippen LogP contribution in [0.5, 0.6) is 0 Å². The molecule has 0 aliphatic heterocycles. The van der Waals surface area contributed by atoms with Crippen LogP contribution >= 0.6 is 0 Å². The van der Waals surface area contributed by atoms with Crippen molar-refractivity contribution >= 4 is 19.2 Å². The summed E-state index contributed by atoms with van der Waals surface area (Å²) in [6.45, 7) is 11.5. The third-order valence-electron chi connectivity index (χ3n) is 6.68. The van der Waals surface area contributed by atoms with E-state index in [0.29, 0.717) is 5.92 Å². The maximum atomic E-state index is 2.50. The quantitative estimate of drug-likeness (QED) is 0.652. The van der Waals surface area contributed by atoms with Gasteiger partial charge in [0.1, 0.15) is 8.80 Å². The maximum absolute atomic E-state index is 2.50. The molecule has 0 amide bonds. The van der Waals surface area contributed by atoms with Gasteiger partial charge in [0.2, 0.25) is 0 Å². The Bertz CT molecular complexity index is 826. The van der Waals surface area contributed by atoms with Crippen molar-refractivity contribution in [2.24, 2.45) is 11.8 Å². The minimum atomic E-state index is -1.32. The van der Waals surface area contributed by atoms with Gasteiger partial charge < -0.3 is 0 Å². The van der Waals surface area contributed by atoms with Crippen LogP contribution < -0.4 is 10.4 Å². The van der Waals surface area contributed by atoms with Crippen LogP contribution in [-0.4, -0.2) is 8.80 Å². The first-order valence-electron chi connectivity index (χ1n) is 10.5. The monoisotopic (exact) mass is 372 g/mol. The van der Waals surface area contributed by atoms with Gasteiger partial charge >= 0.3 is 0 Å². The number of hydrogen-bond acceptors (Lipinski definition) is 0. The zero-order valence-electron chi connectivity index (χ0n) is 17.4. The standard InChI is InChI=1S/C26H32Si/c1-17-10-18(2)13-23(12-17)27(24-14-19(3)11-20(4)15-24)26-16-22-8-6-7-9-25(22)21(26)5/h6-7,9-15,21-22,26-27H,8,16H2,1-5H3. The molecule has 0 N–H and O–H groups in total. The molecule has 1 heteroatoms. The van der Waals surface area contributed by atoms with E-state index in [2.05, 4.69) is 89.2 Å². The molecule has 0 spiro atoms. The molecule has 1 fully saturated rings. The van der Waals surface area contributed by atoms with E-state index >= 15 is 0 Å². The second-order valence-electron chi connectivity index (χ2n) is 9.04. The fourth-order valence-corrected chi connectivity index (χ4v) is 10.3. The van der Waals surface area contributed by atoms with E-state index < -0.39 is 8.80 Å². The molecule has 0 aromatic heterocycles. The molecule has 3 atom stereocenters. The Morgan fingerprint density at radius 2 is 1.30 bits per heavy atom. The van der Waals surface area contributed by atoms with Crippen LogP contribution in [0, 0.1) is 39.5 Å². The van der Waals surface area contributed by atoms with Crippen molar-refractivity contribution in [2.45, 2.75) is 53.0 Å². The first-order valence-corrected chi connectivity index (χ1v) is 12.3. The van der Waals surface area contributed by atoms with E-state index in [1.54, 1.807) is 15.9 Å². The fourth-order valence-electron chi connectivity index (χ4n) is 5.72. The van der Waals surface area contributed by atoms with Crippen LogP contribution in [0.3, 0.4) is 0 Å². The second-order valence-corrected chi connectivity index (χ2v) is 12.2. The Labute approximate surface area is 166 Å². The van der Waals surface area contributed by atoms with Gasteiger partial charge in [0, 0.05) is 0 Å². The van der Waals surface area contributed by atoms with Gasteiger partial charge in [0.05, 0.1) is 0 Å². The molecule has 1 saturated carbocycles. The number of hydrogen-bond donors (Lipinski definition) is 0. The lowest BCUT2D eigenvalue weighted by atomic mass is 9.91. The summed E-state index contributed by atoms with van der Waals surface area (Å²) in [7, 11) is -1.32. The topological polar surface area (TPSA) is 0 Å². The molecule has 2 aliphatic rings. The molecule has 0 nitrogen and oxygen atoms in total. The molecule has 2 aromatic carbocycles. The summed E-state index contributed by atoms with van der Waals surface area (Å²) in [5, 5.41) is 3.28. The molecule has 2 aliphatic carbocycles. The highest BCUT2D eigenvalue weighted by atomic mass is 28.3. The molecule has 0 heterocycles. The lowest BCUT2D eigenvalue weighted by Gasteiger charge is -2.28. The number of benzene rings is 2. The van der Waals surface area contributed by atoms with Gasteiger partial charge in [-0.3, -0.25) is 0 Å². The van der Waals surface area contributed by atoms with Crippen LogP contribution in [0.25, 0.3) is 0 Å². The van der Waals surface area contributed by atoms with Gasteiger partial charge in [-0.15, -0.1) is 0 Å². The van der Waals surface area contributed by atoms with E-state index in [4.69, 9.17) is 0 Å². The van der Waals surface area contributed by atoms with Crippen LogP contribution in [-0.2, 0) is 0 Å². The van der Waals surface area contributed by atoms with Gasteiger partial charge in [-0.25, -0.2) is 0 Å². The minimum Gasteiger partial charge on any atom is -0.0839 e. The number of allylic oxidation sites excluding steroid dienone is 4. The lowest BCUT2D eigenvalue weighted by Crippen LogP contribution is -2.47. The SMILES string of the molecule is Cc1cc(C)cc([SiH](c2cc(C)cc(C)c2)C2CC3CC=CC=C3C2C)c1. The Morgan fingerprint density at radius 1 is 0.778 bits per heavy atom. The molecule has 2 aromatic rings. The molecular formula is C26H32Si. The molecule has 0 radical (unpaired) electrons. The summed E-state index contributed by atoms with van der Waals surface area (Å²) >= 11 is 0. The summed E-state index contributed by atoms with van der Waals surface area (Å²) in [5.41, 5.74) is 8.18. The van der Waals surface area contributed by atoms with E-state index in [0.717, 1.165) is 11.5 Å². The number of aryl methyl sites for hydroxylation is 4. The van der Waals surface area contributed by atoms with Crippen molar-refractivity contribution < 1.29 is 0 Å². The zero-order valence-corrected chi connectivity index (χ0v) is 18.6. The molecule has 140 valence electrons. The predicted molar refractivity (Wildman–Crippen MR) is 121 cm³/mol. The van der Waals surface area contributed by atoms with E-state index in [9.17, 15) is 0 Å². The highest BCUT2D eigenvalue weighted by molar-refractivity contribution is 6.86. The Hall–Kier alpha value is -1.86. The van der Waals surface area contributed by atoms with Gasteiger partial charge in [-0.1, -0.05) is 99.8 Å². The van der Waals surface area contributed by atoms with E-state index in [1.807, 2.05) is 0 Å². The van der Waals surface area contributed by atoms with Gasteiger partial charge in [-0.2, -0.15) is 0 Å². The van der Waals surface area contributed by atoms with Crippen molar-refractivity contribution in [3.05, 3.63) is 82.5 Å². The van der Waals surface area contributed by atoms with Gasteiger partial charge in [-0.05, 0) is 57.9 Å². The van der Waals surface area contributed by atoms with E-state index in [-0.39, 0.29) is 0 Å². The third-order valence-corrected chi connectivity index (χ3v) is 10.5. The Morgan fingerprint density at radius 3 is 1.78 bits per heavy atom. The first-order chi connectivity index (χ1) is 12.9. The van der Waals surface area contributed by atoms with Crippen molar-refractivity contribution in [1.29, 1.82) is 0 Å². The smallest absolute Gasteiger partial charge is 0.0839 e. The lowest BCUT2D eigenvalue weighted by molar-refractivity contribution is 0.628. The molecule has 4 rings (SSSR count). The van der Waals surface area contributed by atoms with Crippen molar-refractivity contribution in [3.8, 4) is 0 Å². The molecule has 0 saturated heterocycles. The number of rotatable bonds is 3. The van der Waals surface area contributed by atoms with Crippen LogP contribution in [0.2, 0.25) is 5.54 Å².